The molecule has 12 heavy (non-hydrogen) atoms. The maximum Gasteiger partial charge on any atom is 0.122 e. The van der Waals surface area contributed by atoms with Gasteiger partial charge in [-0.25, -0.2) is 0 Å². The molecule has 0 N–H and O–H groups in total. The number of carbonyl (C=O) groups is 1. The van der Waals surface area contributed by atoms with Crippen molar-refractivity contribution in [2.75, 3.05) is 7.11 Å². The summed E-state index contributed by atoms with van der Waals surface area (Å²) in [6.07, 6.45) is 2.67. The van der Waals surface area contributed by atoms with E-state index >= 15 is 0 Å². The Bertz CT molecular complexity index is 121. The van der Waals surface area contributed by atoms with Crippen molar-refractivity contribution in [3.8, 4) is 0 Å². The summed E-state index contributed by atoms with van der Waals surface area (Å²) in [7, 11) is 1.67. The first-order valence-electron chi connectivity index (χ1n) is 4.58. The van der Waals surface area contributed by atoms with Gasteiger partial charge in [0.05, 0.1) is 6.10 Å². The first-order chi connectivity index (χ1) is 5.61. The third-order valence-corrected chi connectivity index (χ3v) is 2.11. The molecule has 0 amide bonds. The van der Waals surface area contributed by atoms with Gasteiger partial charge < -0.3 is 9.53 Å². The lowest BCUT2D eigenvalue weighted by molar-refractivity contribution is -0.110. The number of hydrogen-bond donors (Lipinski definition) is 0. The maximum absolute atomic E-state index is 10.3. The summed E-state index contributed by atoms with van der Waals surface area (Å²) in [6, 6.07) is 0. The predicted octanol–water partition coefficient (Wildman–Crippen LogP) is 2.27. The number of carbonyl (C=O) groups excluding carboxylic acids is 1. The number of rotatable bonds is 6. The second-order valence-corrected chi connectivity index (χ2v) is 3.78. The molecule has 0 aliphatic heterocycles. The third kappa shape index (κ3) is 4.50. The van der Waals surface area contributed by atoms with Gasteiger partial charge in [0.15, 0.2) is 0 Å². The van der Waals surface area contributed by atoms with E-state index in [1.807, 2.05) is 0 Å². The van der Waals surface area contributed by atoms with Gasteiger partial charge in [-0.15, -0.1) is 0 Å². The molecule has 0 spiro atoms. The van der Waals surface area contributed by atoms with E-state index in [0.29, 0.717) is 18.3 Å². The summed E-state index contributed by atoms with van der Waals surface area (Å²) < 4.78 is 5.22. The average Bonchev–Trinajstić information content (AvgIpc) is 1.98. The summed E-state index contributed by atoms with van der Waals surface area (Å²) in [5, 5.41) is 0. The molecule has 0 aromatic heterocycles. The molecule has 2 atom stereocenters. The van der Waals surface area contributed by atoms with Crippen LogP contribution in [-0.4, -0.2) is 19.5 Å². The molecule has 0 rings (SSSR count). The summed E-state index contributed by atoms with van der Waals surface area (Å²) in [6.45, 7) is 6.51. The van der Waals surface area contributed by atoms with Gasteiger partial charge in [-0.2, -0.15) is 0 Å². The molecule has 0 radical (unpaired) electrons. The first-order valence-corrected chi connectivity index (χ1v) is 4.58. The molecule has 2 heteroatoms. The Labute approximate surface area is 75.3 Å². The fraction of sp³-hybridized carbons (Fsp3) is 0.900. The number of methoxy groups -OCH3 is 1. The Kier molecular flexibility index (Phi) is 5.99. The van der Waals surface area contributed by atoms with Crippen molar-refractivity contribution in [1.29, 1.82) is 0 Å². The van der Waals surface area contributed by atoms with E-state index < -0.39 is 0 Å². The van der Waals surface area contributed by atoms with Crippen molar-refractivity contribution in [3.63, 3.8) is 0 Å². The van der Waals surface area contributed by atoms with E-state index in [4.69, 9.17) is 4.74 Å². The van der Waals surface area contributed by atoms with Crippen molar-refractivity contribution < 1.29 is 9.53 Å². The minimum Gasteiger partial charge on any atom is -0.381 e. The van der Waals surface area contributed by atoms with Crippen molar-refractivity contribution >= 4 is 6.29 Å². The Morgan fingerprint density at radius 3 is 2.25 bits per heavy atom. The lowest BCUT2D eigenvalue weighted by atomic mass is 9.92. The molecule has 0 aromatic rings. The number of hydrogen-bond acceptors (Lipinski definition) is 2. The average molecular weight is 172 g/mol. The molecule has 0 bridgehead atoms. The van der Waals surface area contributed by atoms with Crippen LogP contribution in [0.3, 0.4) is 0 Å². The fourth-order valence-corrected chi connectivity index (χ4v) is 1.55. The van der Waals surface area contributed by atoms with Gasteiger partial charge in [0, 0.05) is 13.5 Å². The van der Waals surface area contributed by atoms with Crippen LogP contribution in [0.5, 0.6) is 0 Å². The Morgan fingerprint density at radius 2 is 1.92 bits per heavy atom. The predicted molar refractivity (Wildman–Crippen MR) is 50.1 cm³/mol. The Morgan fingerprint density at radius 1 is 1.33 bits per heavy atom. The van der Waals surface area contributed by atoms with E-state index in [1.165, 1.54) is 0 Å². The summed E-state index contributed by atoms with van der Waals surface area (Å²) in [5.74, 6) is 1.14. The molecule has 0 saturated heterocycles. The van der Waals surface area contributed by atoms with Crippen molar-refractivity contribution in [1.82, 2.24) is 0 Å². The van der Waals surface area contributed by atoms with E-state index in [1.54, 1.807) is 7.11 Å². The number of aldehydes is 1. The van der Waals surface area contributed by atoms with Gasteiger partial charge in [0.25, 0.3) is 0 Å². The van der Waals surface area contributed by atoms with E-state index in [-0.39, 0.29) is 6.10 Å². The van der Waals surface area contributed by atoms with Crippen LogP contribution in [0.15, 0.2) is 0 Å². The van der Waals surface area contributed by atoms with Gasteiger partial charge >= 0.3 is 0 Å². The van der Waals surface area contributed by atoms with Gasteiger partial charge in [0.1, 0.15) is 6.29 Å². The summed E-state index contributed by atoms with van der Waals surface area (Å²) >= 11 is 0. The summed E-state index contributed by atoms with van der Waals surface area (Å²) in [5.41, 5.74) is 0. The van der Waals surface area contributed by atoms with Crippen LogP contribution in [0, 0.1) is 11.8 Å². The van der Waals surface area contributed by atoms with E-state index in [0.717, 1.165) is 12.7 Å². The third-order valence-electron chi connectivity index (χ3n) is 2.11. The van der Waals surface area contributed by atoms with Crippen LogP contribution < -0.4 is 0 Å². The highest BCUT2D eigenvalue weighted by Crippen LogP contribution is 2.18. The molecule has 0 aromatic carbocycles. The lowest BCUT2D eigenvalue weighted by Crippen LogP contribution is -2.22. The Hall–Kier alpha value is -0.370. The Balaban J connectivity index is 3.83. The van der Waals surface area contributed by atoms with E-state index in [2.05, 4.69) is 20.8 Å². The largest absolute Gasteiger partial charge is 0.381 e. The van der Waals surface area contributed by atoms with Crippen molar-refractivity contribution in [2.45, 2.75) is 39.7 Å². The normalized spacial score (nSPS) is 16.1. The molecule has 0 aliphatic carbocycles. The van der Waals surface area contributed by atoms with Gasteiger partial charge in [-0.3, -0.25) is 0 Å². The van der Waals surface area contributed by atoms with E-state index in [9.17, 15) is 4.79 Å². The topological polar surface area (TPSA) is 26.3 Å². The van der Waals surface area contributed by atoms with Crippen molar-refractivity contribution in [3.05, 3.63) is 0 Å². The fourth-order valence-electron chi connectivity index (χ4n) is 1.55. The number of ether oxygens (including phenoxy) is 1. The van der Waals surface area contributed by atoms with Crippen LogP contribution in [0.4, 0.5) is 0 Å². The lowest BCUT2D eigenvalue weighted by Gasteiger charge is -2.22. The highest BCUT2D eigenvalue weighted by atomic mass is 16.5. The van der Waals surface area contributed by atoms with Crippen molar-refractivity contribution in [2.24, 2.45) is 11.8 Å². The standard InChI is InChI=1S/C10H20O2/c1-8(2)7-9(3)10(12-4)5-6-11/h6,8-10H,5,7H2,1-4H3. The molecule has 0 fully saturated rings. The molecule has 72 valence electrons. The zero-order valence-electron chi connectivity index (χ0n) is 8.54. The molecule has 2 nitrogen and oxygen atoms in total. The summed E-state index contributed by atoms with van der Waals surface area (Å²) in [4.78, 5) is 10.3. The van der Waals surface area contributed by atoms with Crippen LogP contribution in [0.2, 0.25) is 0 Å². The quantitative estimate of drug-likeness (QED) is 0.574. The molecule has 0 heterocycles. The second kappa shape index (κ2) is 6.18. The highest BCUT2D eigenvalue weighted by molar-refractivity contribution is 5.50. The molecular formula is C10H20O2. The maximum atomic E-state index is 10.3. The minimum atomic E-state index is 0.102. The minimum absolute atomic E-state index is 0.102. The van der Waals surface area contributed by atoms with Crippen LogP contribution >= 0.6 is 0 Å². The van der Waals surface area contributed by atoms with Crippen LogP contribution in [-0.2, 0) is 9.53 Å². The molecule has 0 saturated carbocycles. The second-order valence-electron chi connectivity index (χ2n) is 3.78. The van der Waals surface area contributed by atoms with Gasteiger partial charge in [0.2, 0.25) is 0 Å². The first kappa shape index (κ1) is 11.6. The molecule has 0 aliphatic rings. The smallest absolute Gasteiger partial charge is 0.122 e. The van der Waals surface area contributed by atoms with Gasteiger partial charge in [-0.1, -0.05) is 20.8 Å². The molecule has 2 unspecified atom stereocenters. The van der Waals surface area contributed by atoms with Gasteiger partial charge in [-0.05, 0) is 18.3 Å². The van der Waals surface area contributed by atoms with Crippen LogP contribution in [0.25, 0.3) is 0 Å². The zero-order chi connectivity index (χ0) is 9.56. The monoisotopic (exact) mass is 172 g/mol. The SMILES string of the molecule is COC(CC=O)C(C)CC(C)C. The molecular weight excluding hydrogens is 152 g/mol. The zero-order valence-corrected chi connectivity index (χ0v) is 8.54. The van der Waals surface area contributed by atoms with Crippen LogP contribution in [0.1, 0.15) is 33.6 Å². The highest BCUT2D eigenvalue weighted by Gasteiger charge is 2.16.